The third kappa shape index (κ3) is 8.09. The fraction of sp³-hybridized carbons (Fsp3) is 0.348. The molecule has 1 unspecified atom stereocenters. The smallest absolute Gasteiger partial charge is 0.423 e. The van der Waals surface area contributed by atoms with Crippen molar-refractivity contribution in [2.75, 3.05) is 42.5 Å². The SMILES string of the molecule is CC/C(=C(\c1ccc(B(O)O)cc1)c1ccc(N2CCC(CNC3CCN(c4ccc5c(c4)C(=O)N(C4CCC(=O)NC4=O)C5=O)CC3)CC2)cc1)c1ccccc1. The summed E-state index contributed by atoms with van der Waals surface area (Å²) in [5, 5.41) is 25.5. The molecule has 0 bridgehead atoms. The van der Waals surface area contributed by atoms with E-state index in [0.717, 1.165) is 92.1 Å². The van der Waals surface area contributed by atoms with E-state index in [9.17, 15) is 29.2 Å². The summed E-state index contributed by atoms with van der Waals surface area (Å²) >= 11 is 0. The quantitative estimate of drug-likeness (QED) is 0.0976. The van der Waals surface area contributed by atoms with Gasteiger partial charge in [-0.2, -0.15) is 0 Å². The van der Waals surface area contributed by atoms with Crippen LogP contribution in [-0.2, 0) is 9.59 Å². The van der Waals surface area contributed by atoms with Gasteiger partial charge in [-0.15, -0.1) is 0 Å². The molecule has 0 aromatic heterocycles. The van der Waals surface area contributed by atoms with Gasteiger partial charge in [0.2, 0.25) is 11.8 Å². The highest BCUT2D eigenvalue weighted by Crippen LogP contribution is 2.36. The predicted octanol–water partition coefficient (Wildman–Crippen LogP) is 4.61. The molecule has 0 spiro atoms. The second-order valence-corrected chi connectivity index (χ2v) is 15.9. The van der Waals surface area contributed by atoms with Crippen molar-refractivity contribution in [3.05, 3.63) is 125 Å². The number of hydrogen-bond acceptors (Lipinski definition) is 9. The Balaban J connectivity index is 0.839. The van der Waals surface area contributed by atoms with E-state index in [1.54, 1.807) is 24.3 Å². The van der Waals surface area contributed by atoms with Crippen LogP contribution >= 0.6 is 0 Å². The van der Waals surface area contributed by atoms with E-state index in [2.05, 4.69) is 75.9 Å². The number of rotatable bonds is 11. The molecule has 8 rings (SSSR count). The number of anilines is 2. The van der Waals surface area contributed by atoms with E-state index >= 15 is 0 Å². The van der Waals surface area contributed by atoms with Crippen LogP contribution in [0.15, 0.2) is 97.1 Å². The molecule has 4 aliphatic rings. The molecule has 11 nitrogen and oxygen atoms in total. The predicted molar refractivity (Wildman–Crippen MR) is 227 cm³/mol. The first-order chi connectivity index (χ1) is 28.2. The monoisotopic (exact) mass is 779 g/mol. The highest BCUT2D eigenvalue weighted by Gasteiger charge is 2.45. The standard InChI is InChI=1S/C46H50BN5O6/c1-2-38(31-6-4-3-5-7-31)43(32-8-12-34(13-9-32)47(57)58)33-10-14-36(15-11-33)50-24-20-30(21-25-50)29-48-35-22-26-51(27-23-35)37-16-17-39-40(28-37)46(56)52(45(39)55)41-18-19-42(53)49-44(41)54/h3-17,28,30,35,41,48,57-58H,2,18-27,29H2,1H3,(H,49,53,54)/b43-38-. The molecule has 0 radical (unpaired) electrons. The second kappa shape index (κ2) is 17.1. The lowest BCUT2D eigenvalue weighted by atomic mass is 9.79. The van der Waals surface area contributed by atoms with Gasteiger partial charge >= 0.3 is 7.12 Å². The van der Waals surface area contributed by atoms with Crippen LogP contribution in [0.1, 0.15) is 89.3 Å². The molecular formula is C46H50BN5O6. The zero-order chi connectivity index (χ0) is 40.3. The van der Waals surface area contributed by atoms with Crippen LogP contribution in [0.4, 0.5) is 11.4 Å². The zero-order valence-corrected chi connectivity index (χ0v) is 32.9. The van der Waals surface area contributed by atoms with Crippen LogP contribution in [0, 0.1) is 5.92 Å². The Bertz CT molecular complexity index is 2190. The van der Waals surface area contributed by atoms with Crippen molar-refractivity contribution in [3.63, 3.8) is 0 Å². The van der Waals surface area contributed by atoms with E-state index in [1.165, 1.54) is 16.8 Å². The Morgan fingerprint density at radius 1 is 0.707 bits per heavy atom. The number of benzene rings is 4. The Hall–Kier alpha value is -5.56. The molecule has 4 aromatic rings. The number of carbonyl (C=O) groups is 4. The van der Waals surface area contributed by atoms with Crippen LogP contribution in [0.2, 0.25) is 0 Å². The van der Waals surface area contributed by atoms with Crippen molar-refractivity contribution in [2.24, 2.45) is 5.92 Å². The van der Waals surface area contributed by atoms with Crippen molar-refractivity contribution in [3.8, 4) is 0 Å². The molecular weight excluding hydrogens is 729 g/mol. The summed E-state index contributed by atoms with van der Waals surface area (Å²) in [6, 6.07) is 31.7. The first-order valence-electron chi connectivity index (χ1n) is 20.6. The maximum atomic E-state index is 13.3. The first-order valence-corrected chi connectivity index (χ1v) is 20.6. The van der Waals surface area contributed by atoms with E-state index < -0.39 is 30.9 Å². The lowest BCUT2D eigenvalue weighted by Gasteiger charge is -2.37. The number of amides is 4. The maximum absolute atomic E-state index is 13.3. The van der Waals surface area contributed by atoms with Crippen molar-refractivity contribution in [1.82, 2.24) is 15.5 Å². The van der Waals surface area contributed by atoms with Crippen molar-refractivity contribution in [1.29, 1.82) is 0 Å². The van der Waals surface area contributed by atoms with E-state index in [0.29, 0.717) is 28.5 Å². The minimum Gasteiger partial charge on any atom is -0.423 e. The van der Waals surface area contributed by atoms with Gasteiger partial charge in [-0.05, 0) is 115 Å². The summed E-state index contributed by atoms with van der Waals surface area (Å²) in [5.41, 5.74) is 8.93. The molecule has 1 atom stereocenters. The summed E-state index contributed by atoms with van der Waals surface area (Å²) in [5.74, 6) is -1.34. The first kappa shape index (κ1) is 39.3. The van der Waals surface area contributed by atoms with E-state index in [1.807, 2.05) is 24.3 Å². The maximum Gasteiger partial charge on any atom is 0.488 e. The number of fused-ring (bicyclic) bond motifs is 1. The summed E-state index contributed by atoms with van der Waals surface area (Å²) in [6.07, 6.45) is 5.28. The average molecular weight is 780 g/mol. The molecule has 58 heavy (non-hydrogen) atoms. The van der Waals surface area contributed by atoms with Gasteiger partial charge in [0.1, 0.15) is 6.04 Å². The molecule has 12 heteroatoms. The largest absolute Gasteiger partial charge is 0.488 e. The Labute approximate surface area is 339 Å². The topological polar surface area (TPSA) is 143 Å². The van der Waals surface area contributed by atoms with Gasteiger partial charge in [-0.1, -0.05) is 73.7 Å². The van der Waals surface area contributed by atoms with Gasteiger partial charge in [0, 0.05) is 50.0 Å². The van der Waals surface area contributed by atoms with Crippen LogP contribution in [0.5, 0.6) is 0 Å². The zero-order valence-electron chi connectivity index (χ0n) is 32.9. The fourth-order valence-corrected chi connectivity index (χ4v) is 9.07. The fourth-order valence-electron chi connectivity index (χ4n) is 9.07. The molecule has 4 amide bonds. The molecule has 4 aromatic carbocycles. The molecule has 4 aliphatic heterocycles. The van der Waals surface area contributed by atoms with Crippen LogP contribution in [0.3, 0.4) is 0 Å². The molecule has 4 heterocycles. The van der Waals surface area contributed by atoms with Gasteiger partial charge in [0.15, 0.2) is 0 Å². The number of nitrogens with zero attached hydrogens (tertiary/aromatic N) is 3. The van der Waals surface area contributed by atoms with Crippen molar-refractivity contribution < 1.29 is 29.2 Å². The lowest BCUT2D eigenvalue weighted by Crippen LogP contribution is -2.54. The highest BCUT2D eigenvalue weighted by atomic mass is 16.4. The van der Waals surface area contributed by atoms with Crippen LogP contribution < -0.4 is 25.9 Å². The molecule has 0 saturated carbocycles. The van der Waals surface area contributed by atoms with Gasteiger partial charge < -0.3 is 25.2 Å². The minimum absolute atomic E-state index is 0.0975. The number of carbonyl (C=O) groups excluding carboxylic acids is 4. The van der Waals surface area contributed by atoms with Crippen molar-refractivity contribution >= 4 is 58.7 Å². The summed E-state index contributed by atoms with van der Waals surface area (Å²) in [4.78, 5) is 56.3. The van der Waals surface area contributed by atoms with E-state index in [-0.39, 0.29) is 18.7 Å². The van der Waals surface area contributed by atoms with Gasteiger partial charge in [0.25, 0.3) is 11.8 Å². The summed E-state index contributed by atoms with van der Waals surface area (Å²) < 4.78 is 0. The van der Waals surface area contributed by atoms with Gasteiger partial charge in [-0.3, -0.25) is 29.4 Å². The summed E-state index contributed by atoms with van der Waals surface area (Å²) in [7, 11) is -1.50. The van der Waals surface area contributed by atoms with Crippen LogP contribution in [0.25, 0.3) is 11.1 Å². The average Bonchev–Trinajstić information content (AvgIpc) is 3.50. The number of allylic oxidation sites excluding steroid dienone is 1. The molecule has 298 valence electrons. The molecule has 3 fully saturated rings. The molecule has 3 saturated heterocycles. The van der Waals surface area contributed by atoms with Crippen LogP contribution in [-0.4, -0.2) is 90.5 Å². The normalized spacial score (nSPS) is 19.6. The number of piperidine rings is 3. The third-order valence-corrected chi connectivity index (χ3v) is 12.4. The minimum atomic E-state index is -1.50. The second-order valence-electron chi connectivity index (χ2n) is 15.9. The molecule has 0 aliphatic carbocycles. The van der Waals surface area contributed by atoms with E-state index in [4.69, 9.17) is 0 Å². The van der Waals surface area contributed by atoms with Gasteiger partial charge in [0.05, 0.1) is 11.1 Å². The highest BCUT2D eigenvalue weighted by molar-refractivity contribution is 6.58. The summed E-state index contributed by atoms with van der Waals surface area (Å²) in [6.45, 7) is 6.84. The number of hydrogen-bond donors (Lipinski definition) is 4. The van der Waals surface area contributed by atoms with Crippen molar-refractivity contribution in [2.45, 2.75) is 64.0 Å². The number of nitrogens with one attached hydrogen (secondary N) is 2. The molecule has 4 N–H and O–H groups in total. The van der Waals surface area contributed by atoms with Gasteiger partial charge in [-0.25, -0.2) is 0 Å². The Morgan fingerprint density at radius 3 is 1.95 bits per heavy atom. The number of imide groups is 2. The Kier molecular flexibility index (Phi) is 11.6. The Morgan fingerprint density at radius 2 is 1.31 bits per heavy atom. The third-order valence-electron chi connectivity index (χ3n) is 12.4. The lowest BCUT2D eigenvalue weighted by molar-refractivity contribution is -0.136.